The summed E-state index contributed by atoms with van der Waals surface area (Å²) >= 11 is 0. The Morgan fingerprint density at radius 3 is 1.06 bits per heavy atom. The van der Waals surface area contributed by atoms with Crippen LogP contribution in [-0.4, -0.2) is 14.2 Å². The number of methoxy groups -OCH3 is 2. The third-order valence-electron chi connectivity index (χ3n) is 5.87. The van der Waals surface area contributed by atoms with E-state index in [1.165, 1.54) is 44.5 Å². The van der Waals surface area contributed by atoms with Gasteiger partial charge < -0.3 is 18.9 Å². The van der Waals surface area contributed by atoms with Crippen LogP contribution in [-0.2, 0) is 13.2 Å². The van der Waals surface area contributed by atoms with Crippen molar-refractivity contribution in [1.29, 1.82) is 0 Å². The minimum Gasteiger partial charge on any atom is -0.493 e. The van der Waals surface area contributed by atoms with Crippen molar-refractivity contribution in [3.8, 4) is 23.0 Å². The van der Waals surface area contributed by atoms with Gasteiger partial charge in [-0.1, -0.05) is 35.4 Å². The Kier molecular flexibility index (Phi) is 7.34. The lowest BCUT2D eigenvalue weighted by molar-refractivity contribution is 0.264. The highest BCUT2D eigenvalue weighted by Gasteiger charge is 2.16. The van der Waals surface area contributed by atoms with Crippen molar-refractivity contribution >= 4 is 0 Å². The van der Waals surface area contributed by atoms with E-state index in [1.54, 1.807) is 14.2 Å². The fraction of sp³-hybridized carbons (Fsp3) is 0.357. The topological polar surface area (TPSA) is 36.9 Å². The maximum atomic E-state index is 6.17. The molecule has 170 valence electrons. The number of rotatable bonds is 8. The Labute approximate surface area is 192 Å². The molecule has 0 atom stereocenters. The molecular formula is C28H34O4. The minimum atomic E-state index is 0.458. The summed E-state index contributed by atoms with van der Waals surface area (Å²) in [6, 6.07) is 12.4. The number of hydrogen-bond donors (Lipinski definition) is 0. The molecule has 0 heterocycles. The first-order chi connectivity index (χ1) is 15.2. The van der Waals surface area contributed by atoms with Gasteiger partial charge >= 0.3 is 0 Å². The number of aryl methyl sites for hydroxylation is 6. The zero-order valence-electron chi connectivity index (χ0n) is 20.5. The molecule has 4 heteroatoms. The van der Waals surface area contributed by atoms with Gasteiger partial charge in [0.2, 0.25) is 0 Å². The molecule has 0 aromatic heterocycles. The molecule has 3 aromatic carbocycles. The van der Waals surface area contributed by atoms with Crippen molar-refractivity contribution in [1.82, 2.24) is 0 Å². The molecule has 0 bridgehead atoms. The zero-order chi connectivity index (χ0) is 23.4. The summed E-state index contributed by atoms with van der Waals surface area (Å²) in [5.41, 5.74) is 9.75. The van der Waals surface area contributed by atoms with Crippen LogP contribution in [0.3, 0.4) is 0 Å². The van der Waals surface area contributed by atoms with Crippen LogP contribution in [0.1, 0.15) is 44.5 Å². The van der Waals surface area contributed by atoms with E-state index >= 15 is 0 Å². The molecule has 0 spiro atoms. The molecule has 32 heavy (non-hydrogen) atoms. The van der Waals surface area contributed by atoms with Gasteiger partial charge in [0.1, 0.15) is 13.2 Å². The van der Waals surface area contributed by atoms with Gasteiger partial charge in [0.05, 0.1) is 14.2 Å². The van der Waals surface area contributed by atoms with Crippen LogP contribution < -0.4 is 18.9 Å². The van der Waals surface area contributed by atoms with Crippen molar-refractivity contribution in [2.75, 3.05) is 14.2 Å². The van der Waals surface area contributed by atoms with E-state index in [2.05, 4.69) is 65.8 Å². The molecule has 3 aromatic rings. The highest BCUT2D eigenvalue weighted by molar-refractivity contribution is 5.54. The van der Waals surface area contributed by atoms with E-state index in [1.807, 2.05) is 12.1 Å². The Bertz CT molecular complexity index is 979. The molecule has 4 nitrogen and oxygen atoms in total. The van der Waals surface area contributed by atoms with E-state index in [9.17, 15) is 0 Å². The number of ether oxygens (including phenoxy) is 4. The largest absolute Gasteiger partial charge is 0.493 e. The fourth-order valence-corrected chi connectivity index (χ4v) is 4.24. The molecule has 0 fully saturated rings. The SMILES string of the molecule is COc1cc(OCc2c(C)cc(C)cc2C)c(OC)cc1OCc1c(C)cc(C)cc1C. The third kappa shape index (κ3) is 5.18. The maximum absolute atomic E-state index is 6.17. The third-order valence-corrected chi connectivity index (χ3v) is 5.87. The van der Waals surface area contributed by atoms with Gasteiger partial charge in [-0.3, -0.25) is 0 Å². The second-order valence-corrected chi connectivity index (χ2v) is 8.49. The van der Waals surface area contributed by atoms with Gasteiger partial charge in [0, 0.05) is 12.1 Å². The molecule has 0 radical (unpaired) electrons. The summed E-state index contributed by atoms with van der Waals surface area (Å²) in [5, 5.41) is 0. The molecule has 0 saturated heterocycles. The quantitative estimate of drug-likeness (QED) is 0.395. The molecule has 0 aliphatic carbocycles. The van der Waals surface area contributed by atoms with Crippen LogP contribution >= 0.6 is 0 Å². The fourth-order valence-electron chi connectivity index (χ4n) is 4.24. The van der Waals surface area contributed by atoms with Gasteiger partial charge in [0.25, 0.3) is 0 Å². The van der Waals surface area contributed by atoms with Gasteiger partial charge in [0.15, 0.2) is 23.0 Å². The highest BCUT2D eigenvalue weighted by atomic mass is 16.5. The first-order valence-electron chi connectivity index (χ1n) is 10.9. The molecule has 0 saturated carbocycles. The minimum absolute atomic E-state index is 0.458. The molecule has 0 amide bonds. The lowest BCUT2D eigenvalue weighted by Gasteiger charge is -2.18. The van der Waals surface area contributed by atoms with Crippen LogP contribution in [0, 0.1) is 41.5 Å². The standard InChI is InChI=1S/C28H34O4/c1-17-9-19(3)23(20(4)10-17)15-31-27-13-26(30-8)28(14-25(27)29-7)32-16-24-21(5)11-18(2)12-22(24)6/h9-14H,15-16H2,1-8H3. The molecule has 3 rings (SSSR count). The predicted molar refractivity (Wildman–Crippen MR) is 130 cm³/mol. The summed E-state index contributed by atoms with van der Waals surface area (Å²) in [7, 11) is 3.27. The Morgan fingerprint density at radius 1 is 0.469 bits per heavy atom. The molecular weight excluding hydrogens is 400 g/mol. The van der Waals surface area contributed by atoms with E-state index < -0.39 is 0 Å². The van der Waals surface area contributed by atoms with Gasteiger partial charge in [-0.25, -0.2) is 0 Å². The molecule has 0 aliphatic rings. The smallest absolute Gasteiger partial charge is 0.165 e. The van der Waals surface area contributed by atoms with E-state index in [4.69, 9.17) is 18.9 Å². The second-order valence-electron chi connectivity index (χ2n) is 8.49. The van der Waals surface area contributed by atoms with E-state index in [0.29, 0.717) is 36.2 Å². The Hall–Kier alpha value is -3.14. The average molecular weight is 435 g/mol. The van der Waals surface area contributed by atoms with Crippen molar-refractivity contribution in [2.45, 2.75) is 54.8 Å². The van der Waals surface area contributed by atoms with Crippen molar-refractivity contribution in [3.05, 3.63) is 80.9 Å². The van der Waals surface area contributed by atoms with Gasteiger partial charge in [-0.2, -0.15) is 0 Å². The van der Waals surface area contributed by atoms with Gasteiger partial charge in [-0.15, -0.1) is 0 Å². The van der Waals surface area contributed by atoms with Crippen LogP contribution in [0.15, 0.2) is 36.4 Å². The van der Waals surface area contributed by atoms with Crippen LogP contribution in [0.5, 0.6) is 23.0 Å². The van der Waals surface area contributed by atoms with E-state index in [0.717, 1.165) is 0 Å². The van der Waals surface area contributed by atoms with E-state index in [-0.39, 0.29) is 0 Å². The van der Waals surface area contributed by atoms with Crippen molar-refractivity contribution in [2.24, 2.45) is 0 Å². The zero-order valence-corrected chi connectivity index (χ0v) is 20.5. The lowest BCUT2D eigenvalue weighted by atomic mass is 10.0. The lowest BCUT2D eigenvalue weighted by Crippen LogP contribution is -2.05. The van der Waals surface area contributed by atoms with Crippen molar-refractivity contribution < 1.29 is 18.9 Å². The molecule has 0 unspecified atom stereocenters. The highest BCUT2D eigenvalue weighted by Crippen LogP contribution is 2.40. The summed E-state index contributed by atoms with van der Waals surface area (Å²) in [6.07, 6.45) is 0. The van der Waals surface area contributed by atoms with Crippen LogP contribution in [0.4, 0.5) is 0 Å². The number of benzene rings is 3. The van der Waals surface area contributed by atoms with Gasteiger partial charge in [-0.05, 0) is 74.9 Å². The van der Waals surface area contributed by atoms with Crippen LogP contribution in [0.25, 0.3) is 0 Å². The molecule has 0 aliphatic heterocycles. The maximum Gasteiger partial charge on any atom is 0.165 e. The van der Waals surface area contributed by atoms with Crippen molar-refractivity contribution in [3.63, 3.8) is 0 Å². The summed E-state index contributed by atoms with van der Waals surface area (Å²) in [4.78, 5) is 0. The summed E-state index contributed by atoms with van der Waals surface area (Å²) in [5.74, 6) is 2.47. The molecule has 0 N–H and O–H groups in total. The number of hydrogen-bond acceptors (Lipinski definition) is 4. The summed E-state index contributed by atoms with van der Waals surface area (Å²) < 4.78 is 23.5. The Balaban J connectivity index is 1.84. The van der Waals surface area contributed by atoms with Crippen LogP contribution in [0.2, 0.25) is 0 Å². The average Bonchev–Trinajstić information content (AvgIpc) is 2.72. The summed E-state index contributed by atoms with van der Waals surface area (Å²) in [6.45, 7) is 13.6. The Morgan fingerprint density at radius 2 is 0.781 bits per heavy atom. The normalized spacial score (nSPS) is 10.8. The monoisotopic (exact) mass is 434 g/mol. The first-order valence-corrected chi connectivity index (χ1v) is 10.9. The second kappa shape index (κ2) is 9.99. The predicted octanol–water partition coefficient (Wildman–Crippen LogP) is 6.71. The first kappa shape index (κ1) is 23.5.